The van der Waals surface area contributed by atoms with Crippen LogP contribution < -0.4 is 5.32 Å². The molecule has 0 saturated carbocycles. The van der Waals surface area contributed by atoms with E-state index in [1.165, 1.54) is 5.56 Å². The van der Waals surface area contributed by atoms with E-state index in [0.29, 0.717) is 6.42 Å². The van der Waals surface area contributed by atoms with Crippen molar-refractivity contribution in [3.63, 3.8) is 0 Å². The topological polar surface area (TPSA) is 15.3 Å². The summed E-state index contributed by atoms with van der Waals surface area (Å²) < 4.78 is 12.8. The summed E-state index contributed by atoms with van der Waals surface area (Å²) in [4.78, 5) is 2.36. The number of nitrogens with zero attached hydrogens (tertiary/aromatic N) is 1. The zero-order chi connectivity index (χ0) is 13.0. The standard InChI is InChI=1S/C14H20ClFN2/c1-11-10-12(2-3-13(11)15)14(4-5-16)18-8-6-17-7-9-18/h2-3,10,14,17H,4-9H2,1H3/t14-/m1/s1. The highest BCUT2D eigenvalue weighted by Gasteiger charge is 2.22. The van der Waals surface area contributed by atoms with Crippen molar-refractivity contribution in [2.75, 3.05) is 32.9 Å². The first-order valence-electron chi connectivity index (χ1n) is 6.49. The monoisotopic (exact) mass is 270 g/mol. The van der Waals surface area contributed by atoms with Gasteiger partial charge in [-0.15, -0.1) is 0 Å². The zero-order valence-electron chi connectivity index (χ0n) is 10.8. The van der Waals surface area contributed by atoms with Gasteiger partial charge >= 0.3 is 0 Å². The number of rotatable bonds is 4. The van der Waals surface area contributed by atoms with Gasteiger partial charge in [0.25, 0.3) is 0 Å². The van der Waals surface area contributed by atoms with Gasteiger partial charge in [-0.1, -0.05) is 23.7 Å². The minimum Gasteiger partial charge on any atom is -0.314 e. The Hall–Kier alpha value is -0.640. The van der Waals surface area contributed by atoms with Gasteiger partial charge in [-0.25, -0.2) is 0 Å². The molecule has 0 unspecified atom stereocenters. The maximum atomic E-state index is 12.8. The summed E-state index contributed by atoms with van der Waals surface area (Å²) in [6.07, 6.45) is 0.557. The molecule has 0 amide bonds. The molecule has 0 bridgehead atoms. The number of piperazine rings is 1. The van der Waals surface area contributed by atoms with E-state index in [1.54, 1.807) is 0 Å². The van der Waals surface area contributed by atoms with Crippen molar-refractivity contribution in [1.29, 1.82) is 0 Å². The van der Waals surface area contributed by atoms with Gasteiger partial charge in [0.15, 0.2) is 0 Å². The largest absolute Gasteiger partial charge is 0.314 e. The molecule has 1 fully saturated rings. The summed E-state index contributed by atoms with van der Waals surface area (Å²) in [5, 5.41) is 4.10. The summed E-state index contributed by atoms with van der Waals surface area (Å²) in [5.41, 5.74) is 2.24. The minimum atomic E-state index is -0.281. The summed E-state index contributed by atoms with van der Waals surface area (Å²) in [6.45, 7) is 5.63. The van der Waals surface area contributed by atoms with Crippen molar-refractivity contribution < 1.29 is 4.39 Å². The Kier molecular flexibility index (Phi) is 4.98. The number of benzene rings is 1. The van der Waals surface area contributed by atoms with E-state index in [9.17, 15) is 4.39 Å². The van der Waals surface area contributed by atoms with Crippen molar-refractivity contribution in [1.82, 2.24) is 10.2 Å². The highest BCUT2D eigenvalue weighted by Crippen LogP contribution is 2.28. The smallest absolute Gasteiger partial charge is 0.0912 e. The number of halogens is 2. The van der Waals surface area contributed by atoms with Crippen LogP contribution in [0.4, 0.5) is 4.39 Å². The number of aryl methyl sites for hydroxylation is 1. The Labute approximate surface area is 113 Å². The first kappa shape index (κ1) is 13.8. The quantitative estimate of drug-likeness (QED) is 0.905. The molecule has 1 N–H and O–H groups in total. The Morgan fingerprint density at radius 1 is 1.39 bits per heavy atom. The lowest BCUT2D eigenvalue weighted by atomic mass is 10.00. The molecule has 1 aliphatic rings. The molecule has 1 saturated heterocycles. The van der Waals surface area contributed by atoms with Gasteiger partial charge < -0.3 is 5.32 Å². The Bertz CT molecular complexity index is 391. The number of hydrogen-bond acceptors (Lipinski definition) is 2. The molecule has 0 radical (unpaired) electrons. The SMILES string of the molecule is Cc1cc([C@@H](CCF)N2CCNCC2)ccc1Cl. The molecule has 100 valence electrons. The van der Waals surface area contributed by atoms with Crippen LogP contribution in [0.2, 0.25) is 5.02 Å². The molecule has 2 nitrogen and oxygen atoms in total. The van der Waals surface area contributed by atoms with Crippen molar-refractivity contribution in [2.45, 2.75) is 19.4 Å². The van der Waals surface area contributed by atoms with E-state index in [-0.39, 0.29) is 12.7 Å². The van der Waals surface area contributed by atoms with Crippen LogP contribution in [0.15, 0.2) is 18.2 Å². The van der Waals surface area contributed by atoms with Gasteiger partial charge in [-0.2, -0.15) is 0 Å². The molecule has 1 aliphatic heterocycles. The van der Waals surface area contributed by atoms with Crippen molar-refractivity contribution in [3.8, 4) is 0 Å². The normalized spacial score (nSPS) is 18.8. The lowest BCUT2D eigenvalue weighted by Crippen LogP contribution is -2.45. The molecule has 1 aromatic carbocycles. The molecular formula is C14H20ClFN2. The summed E-state index contributed by atoms with van der Waals surface area (Å²) in [6, 6.07) is 6.20. The molecule has 0 aliphatic carbocycles. The second-order valence-electron chi connectivity index (χ2n) is 4.79. The van der Waals surface area contributed by atoms with E-state index >= 15 is 0 Å². The van der Waals surface area contributed by atoms with Gasteiger partial charge in [0.1, 0.15) is 0 Å². The molecule has 4 heteroatoms. The molecule has 2 rings (SSSR count). The maximum Gasteiger partial charge on any atom is 0.0912 e. The number of hydrogen-bond donors (Lipinski definition) is 1. The average molecular weight is 271 g/mol. The van der Waals surface area contributed by atoms with Crippen LogP contribution in [0.3, 0.4) is 0 Å². The predicted octanol–water partition coefficient (Wildman–Crippen LogP) is 2.95. The van der Waals surface area contributed by atoms with E-state index in [4.69, 9.17) is 11.6 Å². The minimum absolute atomic E-state index is 0.174. The van der Waals surface area contributed by atoms with E-state index in [2.05, 4.69) is 16.3 Å². The van der Waals surface area contributed by atoms with Gasteiger partial charge in [-0.3, -0.25) is 9.29 Å². The van der Waals surface area contributed by atoms with Crippen LogP contribution in [-0.4, -0.2) is 37.8 Å². The number of nitrogens with one attached hydrogen (secondary N) is 1. The Balaban J connectivity index is 2.19. The maximum absolute atomic E-state index is 12.8. The third-order valence-corrected chi connectivity index (χ3v) is 3.97. The molecule has 1 atom stereocenters. The predicted molar refractivity (Wildman–Crippen MR) is 74.0 cm³/mol. The highest BCUT2D eigenvalue weighted by molar-refractivity contribution is 6.31. The van der Waals surface area contributed by atoms with Crippen LogP contribution in [0.25, 0.3) is 0 Å². The molecule has 0 spiro atoms. The molecule has 1 aromatic rings. The Morgan fingerprint density at radius 2 is 2.11 bits per heavy atom. The van der Waals surface area contributed by atoms with Crippen LogP contribution in [0, 0.1) is 6.92 Å². The first-order valence-corrected chi connectivity index (χ1v) is 6.87. The summed E-state index contributed by atoms with van der Waals surface area (Å²) in [7, 11) is 0. The fourth-order valence-electron chi connectivity index (χ4n) is 2.53. The highest BCUT2D eigenvalue weighted by atomic mass is 35.5. The zero-order valence-corrected chi connectivity index (χ0v) is 11.5. The summed E-state index contributed by atoms with van der Waals surface area (Å²) >= 11 is 6.05. The van der Waals surface area contributed by atoms with Gasteiger partial charge in [0.2, 0.25) is 0 Å². The van der Waals surface area contributed by atoms with Crippen LogP contribution in [0.5, 0.6) is 0 Å². The van der Waals surface area contributed by atoms with Gasteiger partial charge in [0.05, 0.1) is 6.67 Å². The second kappa shape index (κ2) is 6.50. The molecule has 1 heterocycles. The third-order valence-electron chi connectivity index (χ3n) is 3.54. The van der Waals surface area contributed by atoms with Crippen molar-refractivity contribution in [2.24, 2.45) is 0 Å². The second-order valence-corrected chi connectivity index (χ2v) is 5.20. The lowest BCUT2D eigenvalue weighted by Gasteiger charge is -2.35. The van der Waals surface area contributed by atoms with Crippen molar-refractivity contribution in [3.05, 3.63) is 34.3 Å². The lowest BCUT2D eigenvalue weighted by molar-refractivity contribution is 0.157. The van der Waals surface area contributed by atoms with Gasteiger partial charge in [0, 0.05) is 37.2 Å². The van der Waals surface area contributed by atoms with E-state index in [0.717, 1.165) is 36.8 Å². The van der Waals surface area contributed by atoms with E-state index in [1.807, 2.05) is 19.1 Å². The van der Waals surface area contributed by atoms with Gasteiger partial charge in [-0.05, 0) is 30.5 Å². The molecule has 0 aromatic heterocycles. The van der Waals surface area contributed by atoms with Crippen LogP contribution in [0.1, 0.15) is 23.6 Å². The molecular weight excluding hydrogens is 251 g/mol. The fourth-order valence-corrected chi connectivity index (χ4v) is 2.65. The Morgan fingerprint density at radius 3 is 2.72 bits per heavy atom. The van der Waals surface area contributed by atoms with E-state index < -0.39 is 0 Å². The number of alkyl halides is 1. The van der Waals surface area contributed by atoms with Crippen LogP contribution in [-0.2, 0) is 0 Å². The first-order chi connectivity index (χ1) is 8.72. The summed E-state index contributed by atoms with van der Waals surface area (Å²) in [5.74, 6) is 0. The average Bonchev–Trinajstić information content (AvgIpc) is 2.40. The fraction of sp³-hybridized carbons (Fsp3) is 0.571. The third kappa shape index (κ3) is 3.22. The van der Waals surface area contributed by atoms with Crippen LogP contribution >= 0.6 is 11.6 Å². The molecule has 18 heavy (non-hydrogen) atoms. The van der Waals surface area contributed by atoms with Crippen molar-refractivity contribution >= 4 is 11.6 Å².